The number of hydrogen-bond donors (Lipinski definition) is 1. The molecule has 2 aromatic rings. The van der Waals surface area contributed by atoms with Crippen molar-refractivity contribution in [3.8, 4) is 23.4 Å². The van der Waals surface area contributed by atoms with Crippen LogP contribution in [0.15, 0.2) is 29.4 Å². The van der Waals surface area contributed by atoms with Crippen LogP contribution in [0, 0.1) is 11.3 Å². The van der Waals surface area contributed by atoms with E-state index in [0.29, 0.717) is 33.9 Å². The standard InChI is InChI=1S/C14H14N4O2S/c1-16-12-7-13(18-14(17-12)21-3)20-11-5-9(8-15)4-10(6-11)19-2/h4-7H,1-3H3,(H,16,17,18). The van der Waals surface area contributed by atoms with E-state index < -0.39 is 0 Å². The fraction of sp³-hybridized carbons (Fsp3) is 0.214. The van der Waals surface area contributed by atoms with Gasteiger partial charge in [-0.25, -0.2) is 4.98 Å². The summed E-state index contributed by atoms with van der Waals surface area (Å²) < 4.78 is 10.9. The van der Waals surface area contributed by atoms with E-state index in [4.69, 9.17) is 14.7 Å². The molecule has 0 amide bonds. The van der Waals surface area contributed by atoms with Gasteiger partial charge in [-0.05, 0) is 18.4 Å². The predicted molar refractivity (Wildman–Crippen MR) is 81.1 cm³/mol. The number of nitrogens with one attached hydrogen (secondary N) is 1. The van der Waals surface area contributed by atoms with Crippen molar-refractivity contribution in [2.75, 3.05) is 25.7 Å². The Bertz CT molecular complexity index is 663. The topological polar surface area (TPSA) is 80.1 Å². The largest absolute Gasteiger partial charge is 0.497 e. The van der Waals surface area contributed by atoms with Crippen LogP contribution in [0.3, 0.4) is 0 Å². The van der Waals surface area contributed by atoms with Crippen molar-refractivity contribution in [2.24, 2.45) is 0 Å². The van der Waals surface area contributed by atoms with Crippen molar-refractivity contribution in [1.82, 2.24) is 9.97 Å². The summed E-state index contributed by atoms with van der Waals surface area (Å²) >= 11 is 1.42. The lowest BCUT2D eigenvalue weighted by molar-refractivity contribution is 0.406. The van der Waals surface area contributed by atoms with Gasteiger partial charge in [0, 0.05) is 19.2 Å². The highest BCUT2D eigenvalue weighted by Gasteiger charge is 2.08. The average molecular weight is 302 g/mol. The molecule has 0 aliphatic heterocycles. The first kappa shape index (κ1) is 14.9. The van der Waals surface area contributed by atoms with Gasteiger partial charge in [-0.15, -0.1) is 0 Å². The highest BCUT2D eigenvalue weighted by molar-refractivity contribution is 7.98. The molecule has 0 radical (unpaired) electrons. The first-order valence-electron chi connectivity index (χ1n) is 6.06. The first-order chi connectivity index (χ1) is 10.2. The Labute approximate surface area is 127 Å². The van der Waals surface area contributed by atoms with Gasteiger partial charge in [0.05, 0.1) is 18.7 Å². The van der Waals surface area contributed by atoms with E-state index in [-0.39, 0.29) is 0 Å². The monoisotopic (exact) mass is 302 g/mol. The zero-order chi connectivity index (χ0) is 15.2. The van der Waals surface area contributed by atoms with Crippen molar-refractivity contribution in [3.05, 3.63) is 29.8 Å². The normalized spacial score (nSPS) is 9.81. The third-order valence-corrected chi connectivity index (χ3v) is 3.14. The number of aromatic nitrogens is 2. The van der Waals surface area contributed by atoms with Gasteiger partial charge in [0.25, 0.3) is 0 Å². The fourth-order valence-electron chi connectivity index (χ4n) is 1.61. The molecule has 0 aliphatic carbocycles. The molecule has 0 saturated heterocycles. The fourth-order valence-corrected chi connectivity index (χ4v) is 1.98. The van der Waals surface area contributed by atoms with Gasteiger partial charge in [-0.2, -0.15) is 10.2 Å². The number of anilines is 1. The molecule has 0 spiro atoms. The molecule has 0 saturated carbocycles. The van der Waals surface area contributed by atoms with Crippen molar-refractivity contribution >= 4 is 17.6 Å². The quantitative estimate of drug-likeness (QED) is 0.672. The van der Waals surface area contributed by atoms with Crippen molar-refractivity contribution in [1.29, 1.82) is 5.26 Å². The summed E-state index contributed by atoms with van der Waals surface area (Å²) in [4.78, 5) is 8.54. The third-order valence-electron chi connectivity index (χ3n) is 2.59. The number of ether oxygens (including phenoxy) is 2. The average Bonchev–Trinajstić information content (AvgIpc) is 2.53. The summed E-state index contributed by atoms with van der Waals surface area (Å²) in [5.41, 5.74) is 0.456. The molecule has 21 heavy (non-hydrogen) atoms. The maximum atomic E-state index is 9.01. The van der Waals surface area contributed by atoms with Crippen LogP contribution in [0.4, 0.5) is 5.82 Å². The van der Waals surface area contributed by atoms with E-state index in [1.54, 1.807) is 31.3 Å². The van der Waals surface area contributed by atoms with Crippen LogP contribution in [0.25, 0.3) is 0 Å². The van der Waals surface area contributed by atoms with Crippen LogP contribution < -0.4 is 14.8 Å². The molecule has 1 aromatic carbocycles. The second-order valence-electron chi connectivity index (χ2n) is 3.94. The predicted octanol–water partition coefficient (Wildman–Crippen LogP) is 2.91. The summed E-state index contributed by atoms with van der Waals surface area (Å²) in [6.07, 6.45) is 1.89. The lowest BCUT2D eigenvalue weighted by Gasteiger charge is -2.09. The molecule has 0 unspecified atom stereocenters. The minimum atomic E-state index is 0.399. The van der Waals surface area contributed by atoms with Gasteiger partial charge in [0.15, 0.2) is 5.16 Å². The highest BCUT2D eigenvalue weighted by atomic mass is 32.2. The number of nitriles is 1. The second-order valence-corrected chi connectivity index (χ2v) is 4.71. The molecule has 0 fully saturated rings. The zero-order valence-electron chi connectivity index (χ0n) is 11.9. The Kier molecular flexibility index (Phi) is 4.85. The summed E-state index contributed by atoms with van der Waals surface area (Å²) in [6, 6.07) is 8.71. The van der Waals surface area contributed by atoms with Crippen molar-refractivity contribution in [3.63, 3.8) is 0 Å². The Morgan fingerprint density at radius 3 is 2.57 bits per heavy atom. The first-order valence-corrected chi connectivity index (χ1v) is 7.29. The number of nitrogens with zero attached hydrogens (tertiary/aromatic N) is 3. The number of methoxy groups -OCH3 is 1. The van der Waals surface area contributed by atoms with Crippen LogP contribution >= 0.6 is 11.8 Å². The Morgan fingerprint density at radius 1 is 1.19 bits per heavy atom. The van der Waals surface area contributed by atoms with Crippen LogP contribution in [0.5, 0.6) is 17.4 Å². The minimum Gasteiger partial charge on any atom is -0.497 e. The van der Waals surface area contributed by atoms with Gasteiger partial charge < -0.3 is 14.8 Å². The van der Waals surface area contributed by atoms with Crippen LogP contribution in [0.1, 0.15) is 5.56 Å². The summed E-state index contributed by atoms with van der Waals surface area (Å²) in [5, 5.41) is 12.6. The van der Waals surface area contributed by atoms with Gasteiger partial charge >= 0.3 is 0 Å². The molecule has 0 atom stereocenters. The number of hydrogen-bond acceptors (Lipinski definition) is 7. The van der Waals surface area contributed by atoms with Crippen molar-refractivity contribution < 1.29 is 9.47 Å². The zero-order valence-corrected chi connectivity index (χ0v) is 12.7. The maximum Gasteiger partial charge on any atom is 0.225 e. The van der Waals surface area contributed by atoms with E-state index >= 15 is 0 Å². The lowest BCUT2D eigenvalue weighted by Crippen LogP contribution is -1.98. The Balaban J connectivity index is 2.35. The smallest absolute Gasteiger partial charge is 0.225 e. The van der Waals surface area contributed by atoms with E-state index in [1.807, 2.05) is 6.26 Å². The molecule has 0 aliphatic rings. The molecular formula is C14H14N4O2S. The van der Waals surface area contributed by atoms with E-state index in [2.05, 4.69) is 21.4 Å². The number of thioether (sulfide) groups is 1. The maximum absolute atomic E-state index is 9.01. The molecule has 1 aromatic heterocycles. The number of benzene rings is 1. The molecule has 7 heteroatoms. The summed E-state index contributed by atoms with van der Waals surface area (Å²) in [6.45, 7) is 0. The van der Waals surface area contributed by atoms with Gasteiger partial charge in [-0.3, -0.25) is 0 Å². The third kappa shape index (κ3) is 3.77. The Hall–Kier alpha value is -2.46. The van der Waals surface area contributed by atoms with Crippen molar-refractivity contribution in [2.45, 2.75) is 5.16 Å². The van der Waals surface area contributed by atoms with Crippen LogP contribution in [-0.4, -0.2) is 30.4 Å². The minimum absolute atomic E-state index is 0.399. The number of rotatable bonds is 5. The van der Waals surface area contributed by atoms with Crippen LogP contribution in [0.2, 0.25) is 0 Å². The molecule has 0 bridgehead atoms. The second kappa shape index (κ2) is 6.81. The van der Waals surface area contributed by atoms with Crippen LogP contribution in [-0.2, 0) is 0 Å². The van der Waals surface area contributed by atoms with Gasteiger partial charge in [-0.1, -0.05) is 11.8 Å². The van der Waals surface area contributed by atoms with E-state index in [1.165, 1.54) is 18.9 Å². The summed E-state index contributed by atoms with van der Waals surface area (Å²) in [7, 11) is 3.31. The molecule has 108 valence electrons. The SMILES string of the molecule is CNc1cc(Oc2cc(C#N)cc(OC)c2)nc(SC)n1. The molecule has 2 rings (SSSR count). The molecule has 1 heterocycles. The van der Waals surface area contributed by atoms with E-state index in [9.17, 15) is 0 Å². The highest BCUT2D eigenvalue weighted by Crippen LogP contribution is 2.28. The van der Waals surface area contributed by atoms with Gasteiger partial charge in [0.2, 0.25) is 5.88 Å². The molecule has 1 N–H and O–H groups in total. The van der Waals surface area contributed by atoms with Gasteiger partial charge in [0.1, 0.15) is 17.3 Å². The molecule has 6 nitrogen and oxygen atoms in total. The lowest BCUT2D eigenvalue weighted by atomic mass is 10.2. The molecular weight excluding hydrogens is 288 g/mol. The van der Waals surface area contributed by atoms with E-state index in [0.717, 1.165) is 0 Å². The summed E-state index contributed by atoms with van der Waals surface area (Å²) in [5.74, 6) is 2.10. The Morgan fingerprint density at radius 2 is 1.95 bits per heavy atom.